The summed E-state index contributed by atoms with van der Waals surface area (Å²) in [6.07, 6.45) is -0.185. The van der Waals surface area contributed by atoms with E-state index in [0.29, 0.717) is 66.0 Å². The highest BCUT2D eigenvalue weighted by atomic mass is 19.1. The Balaban J connectivity index is 2.02. The van der Waals surface area contributed by atoms with Crippen molar-refractivity contribution in [2.24, 2.45) is 5.73 Å². The SMILES string of the molecule is NCCOCCOCCOCCOCCOCCOCCC(=O)Oc1c(F)cc(CNC(=O)CCOCCO)cc1F. The molecule has 0 aliphatic rings. The third kappa shape index (κ3) is 20.5. The van der Waals surface area contributed by atoms with Crippen LogP contribution < -0.4 is 15.8 Å². The topological polar surface area (TPSA) is 166 Å². The molecule has 1 amide bonds. The van der Waals surface area contributed by atoms with E-state index in [2.05, 4.69) is 5.32 Å². The van der Waals surface area contributed by atoms with E-state index in [9.17, 15) is 18.4 Å². The lowest BCUT2D eigenvalue weighted by atomic mass is 10.2. The summed E-state index contributed by atoms with van der Waals surface area (Å²) in [6, 6.07) is 1.94. The molecule has 0 saturated carbocycles. The van der Waals surface area contributed by atoms with Crippen molar-refractivity contribution >= 4 is 11.9 Å². The summed E-state index contributed by atoms with van der Waals surface area (Å²) in [5.41, 5.74) is 5.46. The van der Waals surface area contributed by atoms with Crippen LogP contribution in [0, 0.1) is 11.6 Å². The van der Waals surface area contributed by atoms with E-state index in [-0.39, 0.29) is 70.5 Å². The van der Waals surface area contributed by atoms with Gasteiger partial charge in [-0.1, -0.05) is 0 Å². The van der Waals surface area contributed by atoms with Crippen molar-refractivity contribution in [3.8, 4) is 5.75 Å². The summed E-state index contributed by atoms with van der Waals surface area (Å²) in [7, 11) is 0. The van der Waals surface area contributed by atoms with E-state index in [1.54, 1.807) is 0 Å². The molecule has 15 heteroatoms. The molecule has 0 heterocycles. The summed E-state index contributed by atoms with van der Waals surface area (Å²) < 4.78 is 70.3. The average Bonchev–Trinajstić information content (AvgIpc) is 2.97. The van der Waals surface area contributed by atoms with E-state index in [4.69, 9.17) is 48.7 Å². The number of esters is 1. The Hall–Kier alpha value is -2.34. The molecule has 1 aromatic rings. The van der Waals surface area contributed by atoms with Gasteiger partial charge in [0.2, 0.25) is 11.7 Å². The molecular weight excluding hydrogens is 566 g/mol. The van der Waals surface area contributed by atoms with Crippen LogP contribution in [0.25, 0.3) is 0 Å². The number of benzene rings is 1. The van der Waals surface area contributed by atoms with E-state index in [0.717, 1.165) is 12.1 Å². The number of ether oxygens (including phenoxy) is 8. The minimum Gasteiger partial charge on any atom is -0.420 e. The first-order chi connectivity index (χ1) is 20.5. The zero-order chi connectivity index (χ0) is 30.7. The molecule has 0 aromatic heterocycles. The highest BCUT2D eigenvalue weighted by Gasteiger charge is 2.17. The third-order valence-electron chi connectivity index (χ3n) is 5.05. The number of nitrogens with one attached hydrogen (secondary N) is 1. The number of aliphatic hydroxyl groups is 1. The fourth-order valence-electron chi connectivity index (χ4n) is 3.04. The normalized spacial score (nSPS) is 11.1. The minimum atomic E-state index is -1.07. The molecular formula is C27H44F2N2O11. The van der Waals surface area contributed by atoms with Crippen molar-refractivity contribution in [3.63, 3.8) is 0 Å². The lowest BCUT2D eigenvalue weighted by molar-refractivity contribution is -0.136. The molecule has 0 radical (unpaired) electrons. The Morgan fingerprint density at radius 3 is 1.57 bits per heavy atom. The van der Waals surface area contributed by atoms with Crippen LogP contribution in [0.3, 0.4) is 0 Å². The standard InChI is InChI=1S/C27H44F2N2O11/c28-23-19-22(21-31-25(33)1-5-35-8-4-32)20-24(29)27(23)42-26(34)2-6-36-9-11-38-13-15-40-17-18-41-16-14-39-12-10-37-7-3-30/h19-20,32H,1-18,21,30H2,(H,31,33). The predicted octanol–water partition coefficient (Wildman–Crippen LogP) is 0.334. The highest BCUT2D eigenvalue weighted by molar-refractivity contribution is 5.76. The number of aliphatic hydroxyl groups excluding tert-OH is 1. The van der Waals surface area contributed by atoms with Crippen LogP contribution in [0.4, 0.5) is 8.78 Å². The van der Waals surface area contributed by atoms with Gasteiger partial charge in [0.1, 0.15) is 0 Å². The van der Waals surface area contributed by atoms with Gasteiger partial charge in [0, 0.05) is 19.5 Å². The average molecular weight is 611 g/mol. The summed E-state index contributed by atoms with van der Waals surface area (Å²) in [5.74, 6) is -4.22. The maximum absolute atomic E-state index is 14.3. The molecule has 0 atom stereocenters. The maximum Gasteiger partial charge on any atom is 0.313 e. The van der Waals surface area contributed by atoms with Gasteiger partial charge >= 0.3 is 5.97 Å². The van der Waals surface area contributed by atoms with Gasteiger partial charge in [0.25, 0.3) is 0 Å². The van der Waals surface area contributed by atoms with Crippen LogP contribution in [0.1, 0.15) is 18.4 Å². The van der Waals surface area contributed by atoms with Crippen molar-refractivity contribution < 1.29 is 61.4 Å². The lowest BCUT2D eigenvalue weighted by Gasteiger charge is -2.10. The molecule has 42 heavy (non-hydrogen) atoms. The first-order valence-corrected chi connectivity index (χ1v) is 13.8. The molecule has 0 unspecified atom stereocenters. The quantitative estimate of drug-likeness (QED) is 0.0677. The second-order valence-electron chi connectivity index (χ2n) is 8.44. The second kappa shape index (κ2) is 26.3. The van der Waals surface area contributed by atoms with Gasteiger partial charge < -0.3 is 54.1 Å². The number of amides is 1. The van der Waals surface area contributed by atoms with Crippen LogP contribution in [0.15, 0.2) is 12.1 Å². The largest absolute Gasteiger partial charge is 0.420 e. The molecule has 1 rings (SSSR count). The van der Waals surface area contributed by atoms with Crippen LogP contribution in [0.2, 0.25) is 0 Å². The fraction of sp³-hybridized carbons (Fsp3) is 0.704. The third-order valence-corrected chi connectivity index (χ3v) is 5.05. The Morgan fingerprint density at radius 1 is 0.667 bits per heavy atom. The molecule has 0 spiro atoms. The molecule has 0 aliphatic carbocycles. The molecule has 0 bridgehead atoms. The molecule has 0 saturated heterocycles. The Labute approximate surface area is 244 Å². The lowest BCUT2D eigenvalue weighted by Crippen LogP contribution is -2.24. The van der Waals surface area contributed by atoms with E-state index >= 15 is 0 Å². The molecule has 0 aliphatic heterocycles. The number of rotatable bonds is 28. The van der Waals surface area contributed by atoms with Gasteiger partial charge in [-0.15, -0.1) is 0 Å². The number of nitrogens with two attached hydrogens (primary N) is 1. The van der Waals surface area contributed by atoms with Crippen LogP contribution in [-0.4, -0.2) is 123 Å². The zero-order valence-electron chi connectivity index (χ0n) is 24.0. The van der Waals surface area contributed by atoms with E-state index < -0.39 is 23.4 Å². The maximum atomic E-state index is 14.3. The van der Waals surface area contributed by atoms with Gasteiger partial charge in [-0.25, -0.2) is 8.78 Å². The number of carbonyl (C=O) groups is 2. The van der Waals surface area contributed by atoms with Gasteiger partial charge in [-0.3, -0.25) is 9.59 Å². The Bertz CT molecular complexity index is 829. The molecule has 0 fully saturated rings. The molecule has 13 nitrogen and oxygen atoms in total. The second-order valence-corrected chi connectivity index (χ2v) is 8.44. The van der Waals surface area contributed by atoms with E-state index in [1.807, 2.05) is 0 Å². The smallest absolute Gasteiger partial charge is 0.313 e. The summed E-state index contributed by atoms with van der Waals surface area (Å²) >= 11 is 0. The van der Waals surface area contributed by atoms with Crippen molar-refractivity contribution in [3.05, 3.63) is 29.3 Å². The minimum absolute atomic E-state index is 0.0180. The number of hydrogen-bond acceptors (Lipinski definition) is 12. The van der Waals surface area contributed by atoms with Gasteiger partial charge in [0.15, 0.2) is 11.6 Å². The monoisotopic (exact) mass is 610 g/mol. The molecule has 1 aromatic carbocycles. The Kier molecular flexibility index (Phi) is 23.6. The number of hydrogen-bond donors (Lipinski definition) is 3. The van der Waals surface area contributed by atoms with Gasteiger partial charge in [0.05, 0.1) is 106 Å². The molecule has 242 valence electrons. The molecule has 4 N–H and O–H groups in total. The summed E-state index contributed by atoms with van der Waals surface area (Å²) in [5, 5.41) is 11.1. The Morgan fingerprint density at radius 2 is 1.10 bits per heavy atom. The van der Waals surface area contributed by atoms with Crippen molar-refractivity contribution in [1.82, 2.24) is 5.32 Å². The summed E-state index contributed by atoms with van der Waals surface area (Å²) in [4.78, 5) is 23.7. The van der Waals surface area contributed by atoms with Crippen LogP contribution >= 0.6 is 0 Å². The fourth-order valence-corrected chi connectivity index (χ4v) is 3.04. The van der Waals surface area contributed by atoms with Crippen molar-refractivity contribution in [1.29, 1.82) is 0 Å². The van der Waals surface area contributed by atoms with Crippen LogP contribution in [0.5, 0.6) is 5.75 Å². The van der Waals surface area contributed by atoms with Gasteiger partial charge in [-0.05, 0) is 17.7 Å². The first-order valence-electron chi connectivity index (χ1n) is 13.8. The van der Waals surface area contributed by atoms with Gasteiger partial charge in [-0.2, -0.15) is 0 Å². The zero-order valence-corrected chi connectivity index (χ0v) is 24.0. The first kappa shape index (κ1) is 37.7. The van der Waals surface area contributed by atoms with Crippen molar-refractivity contribution in [2.75, 3.05) is 106 Å². The highest BCUT2D eigenvalue weighted by Crippen LogP contribution is 2.24. The van der Waals surface area contributed by atoms with Crippen LogP contribution in [-0.2, 0) is 49.3 Å². The number of carbonyl (C=O) groups excluding carboxylic acids is 2. The summed E-state index contributed by atoms with van der Waals surface area (Å²) in [6.45, 7) is 4.96. The predicted molar refractivity (Wildman–Crippen MR) is 145 cm³/mol. The number of halogens is 2. The van der Waals surface area contributed by atoms with E-state index in [1.165, 1.54) is 0 Å². The van der Waals surface area contributed by atoms with Crippen molar-refractivity contribution in [2.45, 2.75) is 19.4 Å².